The highest BCUT2D eigenvalue weighted by Crippen LogP contribution is 2.73. The molecule has 0 unspecified atom stereocenters. The lowest BCUT2D eigenvalue weighted by atomic mass is 10.1. The van der Waals surface area contributed by atoms with Crippen LogP contribution in [0.1, 0.15) is 41.5 Å². The maximum atomic E-state index is 15.0. The van der Waals surface area contributed by atoms with Crippen molar-refractivity contribution in [2.45, 2.75) is 101 Å². The Kier molecular flexibility index (Phi) is 10.0. The molecule has 31 heavy (non-hydrogen) atoms. The van der Waals surface area contributed by atoms with Gasteiger partial charge >= 0.3 is 31.3 Å². The van der Waals surface area contributed by atoms with Gasteiger partial charge in [-0.2, -0.15) is 39.5 Å². The Morgan fingerprint density at radius 3 is 1.03 bits per heavy atom. The Labute approximate surface area is 178 Å². The van der Waals surface area contributed by atoms with Crippen LogP contribution in [-0.4, -0.2) is 40.3 Å². The molecule has 0 aliphatic carbocycles. The van der Waals surface area contributed by atoms with E-state index in [1.165, 1.54) is 41.5 Å². The van der Waals surface area contributed by atoms with E-state index >= 15 is 0 Å². The van der Waals surface area contributed by atoms with E-state index in [0.29, 0.717) is 0 Å². The summed E-state index contributed by atoms with van der Waals surface area (Å²) in [6.45, 7) is 8.72. The minimum absolute atomic E-state index is 0.0103. The largest absolute Gasteiger partial charge is 0.460 e. The van der Waals surface area contributed by atoms with E-state index in [0.717, 1.165) is 0 Å². The average molecular weight is 529 g/mol. The Balaban J connectivity index is 6.98. The van der Waals surface area contributed by atoms with Gasteiger partial charge in [0.1, 0.15) is 0 Å². The Morgan fingerprint density at radius 1 is 0.581 bits per heavy atom. The second kappa shape index (κ2) is 10.1. The number of hydrogen-bond donors (Lipinski definition) is 0. The smallest absolute Gasteiger partial charge is 0.346 e. The first-order valence-corrected chi connectivity index (χ1v) is 16.6. The molecule has 0 bridgehead atoms. The van der Waals surface area contributed by atoms with Crippen LogP contribution < -0.4 is 0 Å². The molecule has 0 spiro atoms. The van der Waals surface area contributed by atoms with Crippen molar-refractivity contribution in [1.82, 2.24) is 0 Å². The molecule has 0 N–H and O–H groups in total. The molecule has 0 aliphatic heterocycles. The summed E-state index contributed by atoms with van der Waals surface area (Å²) in [5.41, 5.74) is -6.42. The predicted octanol–water partition coefficient (Wildman–Crippen LogP) is 8.65. The van der Waals surface area contributed by atoms with Crippen LogP contribution in [0, 0.1) is 0 Å². The molecule has 0 aromatic carbocycles. The summed E-state index contributed by atoms with van der Waals surface area (Å²) < 4.78 is 147. The number of hydrogen-bond acceptors (Lipinski definition) is 3. The van der Waals surface area contributed by atoms with E-state index in [1.807, 2.05) is 0 Å². The molecule has 188 valence electrons. The second-order valence-electron chi connectivity index (χ2n) is 7.36. The normalized spacial score (nSPS) is 15.5. The zero-order chi connectivity index (χ0) is 25.2. The van der Waals surface area contributed by atoms with E-state index in [1.54, 1.807) is 0 Å². The molecule has 0 saturated carbocycles. The summed E-state index contributed by atoms with van der Waals surface area (Å²) in [6, 6.07) is -0.0619. The minimum Gasteiger partial charge on any atom is -0.346 e. The van der Waals surface area contributed by atoms with E-state index in [4.69, 9.17) is 8.43 Å². The molecule has 0 fully saturated rings. The van der Waals surface area contributed by atoms with Gasteiger partial charge in [-0.05, 0) is 36.3 Å². The van der Waals surface area contributed by atoms with Crippen molar-refractivity contribution in [2.24, 2.45) is 0 Å². The number of alkyl halides is 9. The summed E-state index contributed by atoms with van der Waals surface area (Å²) in [7, 11) is -13.5. The van der Waals surface area contributed by atoms with E-state index in [9.17, 15) is 44.1 Å². The molecule has 3 nitrogen and oxygen atoms in total. The van der Waals surface area contributed by atoms with Gasteiger partial charge in [-0.15, -0.1) is 0 Å². The molecule has 0 aliphatic rings. The van der Waals surface area contributed by atoms with Crippen molar-refractivity contribution in [2.75, 3.05) is 0 Å². The van der Waals surface area contributed by atoms with Crippen LogP contribution in [0.5, 0.6) is 0 Å². The maximum Gasteiger partial charge on any atom is 0.460 e. The first-order chi connectivity index (χ1) is 13.8. The van der Waals surface area contributed by atoms with Gasteiger partial charge in [0.05, 0.1) is 0 Å². The van der Waals surface area contributed by atoms with Crippen molar-refractivity contribution >= 4 is 24.2 Å². The topological polar surface area (TPSA) is 35.5 Å². The quantitative estimate of drug-likeness (QED) is 0.136. The average Bonchev–Trinajstić information content (AvgIpc) is 2.69. The van der Waals surface area contributed by atoms with Crippen molar-refractivity contribution in [1.29, 1.82) is 0 Å². The number of halogens is 9. The van der Waals surface area contributed by atoms with Crippen molar-refractivity contribution < 1.29 is 52.5 Å². The molecule has 0 atom stereocenters. The van der Waals surface area contributed by atoms with Crippen LogP contribution in [0.3, 0.4) is 0 Å². The predicted molar refractivity (Wildman–Crippen MR) is 105 cm³/mol. The third-order valence-electron chi connectivity index (χ3n) is 5.97. The summed E-state index contributed by atoms with van der Waals surface area (Å²) in [4.78, 5) is 0. The summed E-state index contributed by atoms with van der Waals surface area (Å²) in [6.07, 6.45) is -7.02. The van der Waals surface area contributed by atoms with Gasteiger partial charge in [0.15, 0.2) is 0 Å². The summed E-state index contributed by atoms with van der Waals surface area (Å²) >= 11 is 0. The Hall–Kier alpha value is -0.0462. The van der Waals surface area contributed by atoms with Crippen LogP contribution in [-0.2, 0) is 13.0 Å². The second-order valence-corrected chi connectivity index (χ2v) is 19.3. The molecule has 0 radical (unpaired) electrons. The lowest BCUT2D eigenvalue weighted by Gasteiger charge is -2.43. The van der Waals surface area contributed by atoms with Crippen LogP contribution in [0.4, 0.5) is 39.5 Å². The van der Waals surface area contributed by atoms with Crippen molar-refractivity contribution in [3.05, 3.63) is 0 Å². The van der Waals surface area contributed by atoms with Crippen molar-refractivity contribution in [3.8, 4) is 0 Å². The van der Waals surface area contributed by atoms with Gasteiger partial charge in [0.25, 0.3) is 0 Å². The third kappa shape index (κ3) is 5.38. The van der Waals surface area contributed by atoms with E-state index < -0.39 is 47.9 Å². The number of rotatable bonds is 13. The van der Waals surface area contributed by atoms with Gasteiger partial charge in [0, 0.05) is 0 Å². The van der Waals surface area contributed by atoms with Crippen LogP contribution >= 0.6 is 7.60 Å². The van der Waals surface area contributed by atoms with Crippen LogP contribution in [0.25, 0.3) is 0 Å². The zero-order valence-electron chi connectivity index (χ0n) is 18.3. The first-order valence-electron chi connectivity index (χ1n) is 9.99. The SMILES string of the molecule is CC[Si](CC)(CC)OP(=O)(O[Si](CC)(CC)CC)C(F)(F)C(F)(F)C(F)(F)C(F)(F)F. The first kappa shape index (κ1) is 31.0. The Morgan fingerprint density at radius 2 is 0.839 bits per heavy atom. The van der Waals surface area contributed by atoms with Gasteiger partial charge in [-0.25, -0.2) is 0 Å². The fraction of sp³-hybridized carbons (Fsp3) is 1.00. The third-order valence-corrected chi connectivity index (χ3v) is 19.7. The Bertz CT molecular complexity index is 594. The molecular weight excluding hydrogens is 498 g/mol. The fourth-order valence-corrected chi connectivity index (χ4v) is 15.1. The molecule has 0 heterocycles. The summed E-state index contributed by atoms with van der Waals surface area (Å²) in [5, 5.41) is 0. The molecule has 0 saturated heterocycles. The highest BCUT2D eigenvalue weighted by Gasteiger charge is 2.87. The van der Waals surface area contributed by atoms with Gasteiger partial charge in [-0.1, -0.05) is 41.5 Å². The zero-order valence-corrected chi connectivity index (χ0v) is 21.2. The fourth-order valence-electron chi connectivity index (χ4n) is 3.07. The monoisotopic (exact) mass is 528 g/mol. The minimum atomic E-state index is -7.17. The van der Waals surface area contributed by atoms with Gasteiger partial charge < -0.3 is 8.43 Å². The molecule has 15 heteroatoms. The lowest BCUT2D eigenvalue weighted by molar-refractivity contribution is -0.384. The van der Waals surface area contributed by atoms with Crippen LogP contribution in [0.15, 0.2) is 0 Å². The maximum absolute atomic E-state index is 15.0. The van der Waals surface area contributed by atoms with Gasteiger partial charge in [-0.3, -0.25) is 4.57 Å². The van der Waals surface area contributed by atoms with Crippen LogP contribution in [0.2, 0.25) is 36.3 Å². The highest BCUT2D eigenvalue weighted by molar-refractivity contribution is 7.58. The molecule has 0 aromatic rings. The van der Waals surface area contributed by atoms with E-state index in [2.05, 4.69) is 0 Å². The van der Waals surface area contributed by atoms with Gasteiger partial charge in [0.2, 0.25) is 16.6 Å². The molecular formula is C16H30F9O3PSi2. The summed E-state index contributed by atoms with van der Waals surface area (Å²) in [5.74, 6) is -14.2. The molecule has 0 amide bonds. The van der Waals surface area contributed by atoms with Crippen molar-refractivity contribution in [3.63, 3.8) is 0 Å². The molecule has 0 rings (SSSR count). The van der Waals surface area contributed by atoms with E-state index in [-0.39, 0.29) is 36.3 Å². The lowest BCUT2D eigenvalue weighted by Crippen LogP contribution is -2.61. The highest BCUT2D eigenvalue weighted by atomic mass is 31.2. The molecule has 0 aromatic heterocycles. The standard InChI is InChI=1S/C16H30F9O3PSi2/c1-7-30(8-2,9-3)27-29(26,28-31(10-4,11-5)12-6)16(24,25)14(19,20)13(17,18)15(21,22)23/h7-12H2,1-6H3.